The third-order valence-corrected chi connectivity index (χ3v) is 4.51. The number of aromatic nitrogens is 2. The number of nitrogens with zero attached hydrogens (tertiary/aromatic N) is 1. The Morgan fingerprint density at radius 3 is 2.52 bits per heavy atom. The molecule has 8 heteroatoms. The van der Waals surface area contributed by atoms with Gasteiger partial charge in [-0.2, -0.15) is 5.10 Å². The number of anilines is 1. The molecule has 0 saturated carbocycles. The maximum absolute atomic E-state index is 12.4. The van der Waals surface area contributed by atoms with Crippen molar-refractivity contribution in [1.82, 2.24) is 10.2 Å². The fourth-order valence-electron chi connectivity index (χ4n) is 2.02. The Hall–Kier alpha value is -2.35. The minimum absolute atomic E-state index is 0.171. The normalized spacial score (nSPS) is 11.4. The molecule has 0 aliphatic heterocycles. The van der Waals surface area contributed by atoms with E-state index in [-0.39, 0.29) is 10.6 Å². The van der Waals surface area contributed by atoms with Crippen molar-refractivity contribution in [2.75, 3.05) is 4.72 Å². The SMILES string of the molecule is Cc1ccc(NS(=O)(=O)c2c(C(=O)O)n[nH]c2C)c(C)c1. The lowest BCUT2D eigenvalue weighted by Gasteiger charge is -2.11. The predicted octanol–water partition coefficient (Wildman–Crippen LogP) is 1.83. The molecule has 2 aromatic rings. The molecule has 7 nitrogen and oxygen atoms in total. The Morgan fingerprint density at radius 1 is 1.29 bits per heavy atom. The molecule has 0 amide bonds. The molecule has 0 aliphatic rings. The predicted molar refractivity (Wildman–Crippen MR) is 77.0 cm³/mol. The smallest absolute Gasteiger partial charge is 0.357 e. The fraction of sp³-hybridized carbons (Fsp3) is 0.231. The van der Waals surface area contributed by atoms with E-state index in [1.54, 1.807) is 19.1 Å². The molecule has 0 spiro atoms. The van der Waals surface area contributed by atoms with Gasteiger partial charge in [-0.15, -0.1) is 0 Å². The van der Waals surface area contributed by atoms with Crippen molar-refractivity contribution < 1.29 is 18.3 Å². The van der Waals surface area contributed by atoms with Crippen LogP contribution in [-0.2, 0) is 10.0 Å². The Labute approximate surface area is 122 Å². The first kappa shape index (κ1) is 15.0. The zero-order valence-corrected chi connectivity index (χ0v) is 12.6. The highest BCUT2D eigenvalue weighted by atomic mass is 32.2. The number of carboxylic acid groups (broad SMARTS) is 1. The number of hydrogen-bond acceptors (Lipinski definition) is 4. The van der Waals surface area contributed by atoms with E-state index in [1.165, 1.54) is 6.92 Å². The number of aromatic amines is 1. The van der Waals surface area contributed by atoms with Gasteiger partial charge in [0, 0.05) is 0 Å². The van der Waals surface area contributed by atoms with E-state index in [1.807, 2.05) is 13.0 Å². The Kier molecular flexibility index (Phi) is 3.73. The van der Waals surface area contributed by atoms with Crippen LogP contribution < -0.4 is 4.72 Å². The van der Waals surface area contributed by atoms with Gasteiger partial charge in [0.2, 0.25) is 0 Å². The van der Waals surface area contributed by atoms with Crippen molar-refractivity contribution in [3.63, 3.8) is 0 Å². The maximum Gasteiger partial charge on any atom is 0.357 e. The summed E-state index contributed by atoms with van der Waals surface area (Å²) in [6.45, 7) is 5.12. The molecule has 0 atom stereocenters. The molecule has 0 radical (unpaired) electrons. The molecule has 0 bridgehead atoms. The van der Waals surface area contributed by atoms with Crippen molar-refractivity contribution in [1.29, 1.82) is 0 Å². The number of benzene rings is 1. The topological polar surface area (TPSA) is 112 Å². The van der Waals surface area contributed by atoms with E-state index in [9.17, 15) is 13.2 Å². The van der Waals surface area contributed by atoms with E-state index >= 15 is 0 Å². The van der Waals surface area contributed by atoms with E-state index in [2.05, 4.69) is 14.9 Å². The van der Waals surface area contributed by atoms with Crippen LogP contribution in [-0.4, -0.2) is 29.7 Å². The molecule has 0 saturated heterocycles. The van der Waals surface area contributed by atoms with Crippen LogP contribution in [0.25, 0.3) is 0 Å². The van der Waals surface area contributed by atoms with Crippen LogP contribution in [0.15, 0.2) is 23.1 Å². The van der Waals surface area contributed by atoms with Gasteiger partial charge in [-0.3, -0.25) is 9.82 Å². The number of hydrogen-bond donors (Lipinski definition) is 3. The van der Waals surface area contributed by atoms with Crippen LogP contribution in [0.4, 0.5) is 5.69 Å². The second-order valence-corrected chi connectivity index (χ2v) is 6.37. The molecule has 1 aromatic heterocycles. The van der Waals surface area contributed by atoms with Crippen molar-refractivity contribution in [2.24, 2.45) is 0 Å². The summed E-state index contributed by atoms with van der Waals surface area (Å²) in [5.41, 5.74) is 1.80. The molecule has 3 N–H and O–H groups in total. The van der Waals surface area contributed by atoms with Crippen LogP contribution in [0.2, 0.25) is 0 Å². The van der Waals surface area contributed by atoms with Crippen molar-refractivity contribution in [3.8, 4) is 0 Å². The molecular formula is C13H15N3O4S. The highest BCUT2D eigenvalue weighted by Crippen LogP contribution is 2.24. The molecule has 0 fully saturated rings. The maximum atomic E-state index is 12.4. The number of carbonyl (C=O) groups is 1. The third-order valence-electron chi connectivity index (χ3n) is 2.99. The van der Waals surface area contributed by atoms with Gasteiger partial charge in [0.15, 0.2) is 5.69 Å². The standard InChI is InChI=1S/C13H15N3O4S/c1-7-4-5-10(8(2)6-7)16-21(19,20)12-9(3)14-15-11(12)13(17)18/h4-6,16H,1-3H3,(H,14,15)(H,17,18). The molecule has 21 heavy (non-hydrogen) atoms. The largest absolute Gasteiger partial charge is 0.476 e. The van der Waals surface area contributed by atoms with Gasteiger partial charge in [0.05, 0.1) is 11.4 Å². The first-order valence-electron chi connectivity index (χ1n) is 6.10. The number of aryl methyl sites for hydroxylation is 3. The Bertz CT molecular complexity index is 809. The minimum atomic E-state index is -4.04. The van der Waals surface area contributed by atoms with E-state index in [4.69, 9.17) is 5.11 Å². The summed E-state index contributed by atoms with van der Waals surface area (Å²) in [5.74, 6) is -1.40. The van der Waals surface area contributed by atoms with E-state index in [0.29, 0.717) is 5.69 Å². The van der Waals surface area contributed by atoms with E-state index < -0.39 is 21.7 Å². The molecule has 1 heterocycles. The number of rotatable bonds is 4. The monoisotopic (exact) mass is 309 g/mol. The molecular weight excluding hydrogens is 294 g/mol. The fourth-order valence-corrected chi connectivity index (χ4v) is 3.47. The summed E-state index contributed by atoms with van der Waals surface area (Å²) < 4.78 is 27.2. The van der Waals surface area contributed by atoms with Crippen molar-refractivity contribution >= 4 is 21.7 Å². The highest BCUT2D eigenvalue weighted by Gasteiger charge is 2.28. The lowest BCUT2D eigenvalue weighted by atomic mass is 10.1. The van der Waals surface area contributed by atoms with Crippen molar-refractivity contribution in [3.05, 3.63) is 40.7 Å². The van der Waals surface area contributed by atoms with Crippen LogP contribution in [0, 0.1) is 20.8 Å². The highest BCUT2D eigenvalue weighted by molar-refractivity contribution is 7.92. The average Bonchev–Trinajstić information content (AvgIpc) is 2.76. The summed E-state index contributed by atoms with van der Waals surface area (Å²) in [6.07, 6.45) is 0. The zero-order chi connectivity index (χ0) is 15.8. The summed E-state index contributed by atoms with van der Waals surface area (Å²) in [5, 5.41) is 14.9. The summed E-state index contributed by atoms with van der Waals surface area (Å²) in [7, 11) is -4.04. The Morgan fingerprint density at radius 2 is 1.95 bits per heavy atom. The number of nitrogens with one attached hydrogen (secondary N) is 2. The van der Waals surface area contributed by atoms with Gasteiger partial charge in [-0.1, -0.05) is 17.7 Å². The first-order valence-corrected chi connectivity index (χ1v) is 7.59. The lowest BCUT2D eigenvalue weighted by molar-refractivity contribution is 0.0686. The molecule has 112 valence electrons. The first-order chi connectivity index (χ1) is 9.72. The minimum Gasteiger partial charge on any atom is -0.476 e. The van der Waals surface area contributed by atoms with Gasteiger partial charge in [0.25, 0.3) is 10.0 Å². The van der Waals surface area contributed by atoms with Gasteiger partial charge in [-0.25, -0.2) is 13.2 Å². The van der Waals surface area contributed by atoms with Gasteiger partial charge >= 0.3 is 5.97 Å². The van der Waals surface area contributed by atoms with Crippen LogP contribution in [0.3, 0.4) is 0 Å². The number of aromatic carboxylic acids is 1. The van der Waals surface area contributed by atoms with E-state index in [0.717, 1.165) is 11.1 Å². The quantitative estimate of drug-likeness (QED) is 0.797. The molecule has 1 aromatic carbocycles. The average molecular weight is 309 g/mol. The van der Waals surface area contributed by atoms with Crippen LogP contribution in [0.5, 0.6) is 0 Å². The summed E-state index contributed by atoms with van der Waals surface area (Å²) in [4.78, 5) is 10.7. The van der Waals surface area contributed by atoms with Gasteiger partial charge in [-0.05, 0) is 32.4 Å². The molecule has 0 aliphatic carbocycles. The number of sulfonamides is 1. The van der Waals surface area contributed by atoms with Gasteiger partial charge < -0.3 is 5.11 Å². The number of H-pyrrole nitrogens is 1. The molecule has 2 rings (SSSR count). The van der Waals surface area contributed by atoms with Crippen LogP contribution in [0.1, 0.15) is 27.3 Å². The molecule has 0 unspecified atom stereocenters. The lowest BCUT2D eigenvalue weighted by Crippen LogP contribution is -2.17. The second kappa shape index (κ2) is 5.21. The van der Waals surface area contributed by atoms with Gasteiger partial charge in [0.1, 0.15) is 4.90 Å². The van der Waals surface area contributed by atoms with Crippen molar-refractivity contribution in [2.45, 2.75) is 25.7 Å². The zero-order valence-electron chi connectivity index (χ0n) is 11.8. The third kappa shape index (κ3) is 2.89. The number of carboxylic acids is 1. The second-order valence-electron chi connectivity index (χ2n) is 4.76. The summed E-state index contributed by atoms with van der Waals surface area (Å²) in [6, 6.07) is 5.24. The summed E-state index contributed by atoms with van der Waals surface area (Å²) >= 11 is 0. The Balaban J connectivity index is 2.48. The van der Waals surface area contributed by atoms with Crippen LogP contribution >= 0.6 is 0 Å².